The van der Waals surface area contributed by atoms with E-state index < -0.39 is 0 Å². The summed E-state index contributed by atoms with van der Waals surface area (Å²) in [6, 6.07) is 6.16. The Bertz CT molecular complexity index is 1350. The quantitative estimate of drug-likeness (QED) is 0.481. The molecule has 200 valence electrons. The van der Waals surface area contributed by atoms with Crippen LogP contribution in [-0.2, 0) is 5.54 Å². The first-order chi connectivity index (χ1) is 18.4. The lowest BCUT2D eigenvalue weighted by Gasteiger charge is -2.48. The highest BCUT2D eigenvalue weighted by molar-refractivity contribution is 6.00. The molecule has 0 unspecified atom stereocenters. The van der Waals surface area contributed by atoms with E-state index in [9.17, 15) is 4.79 Å². The second-order valence-electron chi connectivity index (χ2n) is 12.7. The first kappa shape index (κ1) is 24.1. The van der Waals surface area contributed by atoms with E-state index in [1.807, 2.05) is 24.5 Å². The van der Waals surface area contributed by atoms with E-state index in [4.69, 9.17) is 9.97 Å². The van der Waals surface area contributed by atoms with E-state index in [1.54, 1.807) is 0 Å². The second-order valence-corrected chi connectivity index (χ2v) is 12.7. The van der Waals surface area contributed by atoms with Gasteiger partial charge in [0.2, 0.25) is 5.95 Å². The summed E-state index contributed by atoms with van der Waals surface area (Å²) in [6.45, 7) is 9.11. The van der Waals surface area contributed by atoms with Crippen LogP contribution < -0.4 is 10.2 Å². The topological polar surface area (TPSA) is 79.2 Å². The van der Waals surface area contributed by atoms with E-state index in [1.165, 1.54) is 38.6 Å². The van der Waals surface area contributed by atoms with Gasteiger partial charge in [-0.1, -0.05) is 19.3 Å². The molecule has 3 aromatic heterocycles. The van der Waals surface area contributed by atoms with Crippen molar-refractivity contribution in [2.45, 2.75) is 82.7 Å². The fraction of sp³-hybridized carbons (Fsp3) is 0.600. The van der Waals surface area contributed by atoms with E-state index >= 15 is 0 Å². The lowest BCUT2D eigenvalue weighted by atomic mass is 9.75. The summed E-state index contributed by atoms with van der Waals surface area (Å²) in [5, 5.41) is 4.26. The van der Waals surface area contributed by atoms with Crippen LogP contribution in [0.15, 0.2) is 30.6 Å². The number of ketones is 1. The molecular formula is C30H39N7O. The number of anilines is 3. The number of hydrogen-bond acceptors (Lipinski definition) is 7. The van der Waals surface area contributed by atoms with Gasteiger partial charge in [0.25, 0.3) is 0 Å². The van der Waals surface area contributed by atoms with E-state index in [0.29, 0.717) is 12.4 Å². The van der Waals surface area contributed by atoms with E-state index in [-0.39, 0.29) is 16.9 Å². The van der Waals surface area contributed by atoms with Crippen LogP contribution >= 0.6 is 0 Å². The molecule has 0 bridgehead atoms. The summed E-state index contributed by atoms with van der Waals surface area (Å²) in [7, 11) is 0. The van der Waals surface area contributed by atoms with Gasteiger partial charge in [0.15, 0.2) is 5.78 Å². The predicted octanol–water partition coefficient (Wildman–Crippen LogP) is 5.52. The average molecular weight is 514 g/mol. The molecule has 4 aliphatic rings. The van der Waals surface area contributed by atoms with Crippen LogP contribution in [0.3, 0.4) is 0 Å². The largest absolute Gasteiger partial charge is 0.367 e. The Balaban J connectivity index is 1.10. The van der Waals surface area contributed by atoms with Crippen molar-refractivity contribution >= 4 is 34.3 Å². The van der Waals surface area contributed by atoms with Gasteiger partial charge in [-0.2, -0.15) is 4.98 Å². The van der Waals surface area contributed by atoms with Gasteiger partial charge < -0.3 is 14.8 Å². The number of carbonyl (C=O) groups is 1. The zero-order chi connectivity index (χ0) is 25.9. The molecule has 38 heavy (non-hydrogen) atoms. The number of nitrogens with one attached hydrogen (secondary N) is 1. The van der Waals surface area contributed by atoms with Crippen LogP contribution in [0.1, 0.15) is 82.1 Å². The van der Waals surface area contributed by atoms with Crippen molar-refractivity contribution in [3.05, 3.63) is 36.3 Å². The maximum atomic E-state index is 12.8. The molecule has 0 aromatic carbocycles. The molecule has 2 aliphatic carbocycles. The SMILES string of the molecule is CC1(C)CN(c2ccc(Nc3ncc4cc5n(c4n3)C3(CCCCC3)CCC5=O)nc2)CCN1CC1CC1. The third-order valence-corrected chi connectivity index (χ3v) is 9.50. The van der Waals surface area contributed by atoms with Crippen molar-refractivity contribution in [1.29, 1.82) is 0 Å². The van der Waals surface area contributed by atoms with Gasteiger partial charge in [-0.05, 0) is 70.1 Å². The second kappa shape index (κ2) is 9.04. The number of hydrogen-bond donors (Lipinski definition) is 1. The summed E-state index contributed by atoms with van der Waals surface area (Å²) >= 11 is 0. The maximum Gasteiger partial charge on any atom is 0.230 e. The smallest absolute Gasteiger partial charge is 0.230 e. The molecule has 2 saturated carbocycles. The van der Waals surface area contributed by atoms with E-state index in [0.717, 1.165) is 73.0 Å². The van der Waals surface area contributed by atoms with Gasteiger partial charge in [-0.3, -0.25) is 9.69 Å². The third kappa shape index (κ3) is 4.27. The van der Waals surface area contributed by atoms with Crippen molar-refractivity contribution in [1.82, 2.24) is 24.4 Å². The van der Waals surface area contributed by atoms with Crippen molar-refractivity contribution in [3.63, 3.8) is 0 Å². The number of Topliss-reactive ketones (excluding diaryl/α,β-unsaturated/α-hetero) is 1. The van der Waals surface area contributed by atoms with Crippen LogP contribution in [0.4, 0.5) is 17.5 Å². The molecule has 0 radical (unpaired) electrons. The Morgan fingerprint density at radius 3 is 2.61 bits per heavy atom. The molecule has 0 atom stereocenters. The van der Waals surface area contributed by atoms with Gasteiger partial charge >= 0.3 is 0 Å². The van der Waals surface area contributed by atoms with Crippen LogP contribution in [0.2, 0.25) is 0 Å². The Morgan fingerprint density at radius 2 is 1.87 bits per heavy atom. The Labute approximate surface area is 224 Å². The third-order valence-electron chi connectivity index (χ3n) is 9.50. The zero-order valence-corrected chi connectivity index (χ0v) is 22.7. The number of aromatic nitrogens is 4. The number of fused-ring (bicyclic) bond motifs is 4. The Morgan fingerprint density at radius 1 is 1.03 bits per heavy atom. The first-order valence-corrected chi connectivity index (χ1v) is 14.6. The summed E-state index contributed by atoms with van der Waals surface area (Å²) in [5.41, 5.74) is 3.02. The van der Waals surface area contributed by atoms with Crippen molar-refractivity contribution < 1.29 is 4.79 Å². The minimum absolute atomic E-state index is 0.0191. The molecular weight excluding hydrogens is 474 g/mol. The molecule has 3 fully saturated rings. The zero-order valence-electron chi connectivity index (χ0n) is 22.7. The molecule has 8 nitrogen and oxygen atoms in total. The lowest BCUT2D eigenvalue weighted by Crippen LogP contribution is -2.59. The van der Waals surface area contributed by atoms with E-state index in [2.05, 4.69) is 44.6 Å². The Hall–Kier alpha value is -3.00. The van der Waals surface area contributed by atoms with Gasteiger partial charge in [-0.15, -0.1) is 0 Å². The molecule has 3 aromatic rings. The van der Waals surface area contributed by atoms with Crippen LogP contribution in [0, 0.1) is 5.92 Å². The fourth-order valence-corrected chi connectivity index (χ4v) is 7.13. The number of carbonyl (C=O) groups excluding carboxylic acids is 1. The molecule has 7 rings (SSSR count). The van der Waals surface area contributed by atoms with Crippen molar-refractivity contribution in [3.8, 4) is 0 Å². The highest BCUT2D eigenvalue weighted by Gasteiger charge is 2.41. The highest BCUT2D eigenvalue weighted by atomic mass is 16.1. The van der Waals surface area contributed by atoms with Crippen LogP contribution in [0.25, 0.3) is 11.0 Å². The average Bonchev–Trinajstić information content (AvgIpc) is 3.65. The monoisotopic (exact) mass is 513 g/mol. The molecule has 8 heteroatoms. The number of pyridine rings is 1. The van der Waals surface area contributed by atoms with Gasteiger partial charge in [-0.25, -0.2) is 9.97 Å². The summed E-state index contributed by atoms with van der Waals surface area (Å²) in [4.78, 5) is 32.2. The molecule has 2 aliphatic heterocycles. The molecule has 5 heterocycles. The Kier molecular flexibility index (Phi) is 5.73. The normalized spacial score (nSPS) is 23.1. The molecule has 1 saturated heterocycles. The summed E-state index contributed by atoms with van der Waals surface area (Å²) in [6.07, 6.45) is 14.1. The standard InChI is InChI=1S/C30H39N7O/c1-29(2)20-35(14-15-36(29)19-21-6-7-21)23-8-9-26(31-18-23)33-28-32-17-22-16-24-25(38)10-13-30(11-4-3-5-12-30)37(24)27(22)34-28/h8-9,16-18,21H,3-7,10-15,19-20H2,1-2H3,(H,31,32,33,34). The maximum absolute atomic E-state index is 12.8. The summed E-state index contributed by atoms with van der Waals surface area (Å²) < 4.78 is 2.27. The lowest BCUT2D eigenvalue weighted by molar-refractivity contribution is 0.0852. The number of nitrogens with zero attached hydrogens (tertiary/aromatic N) is 6. The summed E-state index contributed by atoms with van der Waals surface area (Å²) in [5.74, 6) is 2.40. The van der Waals surface area contributed by atoms with Crippen molar-refractivity contribution in [2.75, 3.05) is 36.4 Å². The number of piperazine rings is 1. The van der Waals surface area contributed by atoms with Gasteiger partial charge in [0.05, 0.1) is 17.6 Å². The predicted molar refractivity (Wildman–Crippen MR) is 150 cm³/mol. The molecule has 1 spiro atoms. The number of rotatable bonds is 5. The van der Waals surface area contributed by atoms with Gasteiger partial charge in [0.1, 0.15) is 11.5 Å². The minimum atomic E-state index is 0.0191. The van der Waals surface area contributed by atoms with Gasteiger partial charge in [0, 0.05) is 55.3 Å². The van der Waals surface area contributed by atoms with Crippen LogP contribution in [0.5, 0.6) is 0 Å². The first-order valence-electron chi connectivity index (χ1n) is 14.6. The minimum Gasteiger partial charge on any atom is -0.367 e. The fourth-order valence-electron chi connectivity index (χ4n) is 7.13. The van der Waals surface area contributed by atoms with Crippen molar-refractivity contribution in [2.24, 2.45) is 5.92 Å². The van der Waals surface area contributed by atoms with Crippen LogP contribution in [-0.4, -0.2) is 61.9 Å². The molecule has 1 N–H and O–H groups in total. The highest BCUT2D eigenvalue weighted by Crippen LogP contribution is 2.45. The molecule has 0 amide bonds.